The van der Waals surface area contributed by atoms with Gasteiger partial charge in [0.05, 0.1) is 0 Å². The van der Waals surface area contributed by atoms with Gasteiger partial charge >= 0.3 is 0 Å². The summed E-state index contributed by atoms with van der Waals surface area (Å²) in [5.74, 6) is 2.41. The maximum absolute atomic E-state index is 12.4. The molecule has 2 atom stereocenters. The van der Waals surface area contributed by atoms with E-state index in [1.165, 1.54) is 19.3 Å². The zero-order chi connectivity index (χ0) is 17.3. The van der Waals surface area contributed by atoms with Crippen LogP contribution in [-0.4, -0.2) is 28.1 Å². The minimum Gasteiger partial charge on any atom is -0.353 e. The van der Waals surface area contributed by atoms with Gasteiger partial charge in [-0.05, 0) is 37.5 Å². The van der Waals surface area contributed by atoms with E-state index in [1.807, 2.05) is 20.8 Å². The number of carbonyl (C=O) groups is 1. The van der Waals surface area contributed by atoms with Crippen LogP contribution in [0.25, 0.3) is 0 Å². The van der Waals surface area contributed by atoms with E-state index in [0.717, 1.165) is 12.8 Å². The van der Waals surface area contributed by atoms with E-state index in [2.05, 4.69) is 15.5 Å². The van der Waals surface area contributed by atoms with Crippen molar-refractivity contribution in [1.29, 1.82) is 0 Å². The Bertz CT molecular complexity index is 570. The number of nitrogens with zero attached hydrogens (tertiary/aromatic N) is 2. The number of amides is 1. The number of halogens is 1. The second-order valence-electron chi connectivity index (χ2n) is 8.54. The third-order valence-electron chi connectivity index (χ3n) is 5.41. The van der Waals surface area contributed by atoms with Gasteiger partial charge in [-0.3, -0.25) is 4.79 Å². The molecule has 1 aromatic rings. The lowest BCUT2D eigenvalue weighted by Crippen LogP contribution is -2.53. The van der Waals surface area contributed by atoms with Crippen molar-refractivity contribution in [3.05, 3.63) is 11.7 Å². The fourth-order valence-electron chi connectivity index (χ4n) is 4.16. The van der Waals surface area contributed by atoms with Gasteiger partial charge < -0.3 is 15.6 Å². The highest BCUT2D eigenvalue weighted by molar-refractivity contribution is 5.85. The molecule has 6 nitrogen and oxygen atoms in total. The van der Waals surface area contributed by atoms with E-state index in [-0.39, 0.29) is 23.7 Å². The number of hydrogen-bond acceptors (Lipinski definition) is 5. The normalized spacial score (nSPS) is 29.0. The fraction of sp³-hybridized carbons (Fsp3) is 0.833. The van der Waals surface area contributed by atoms with Crippen LogP contribution in [0.3, 0.4) is 0 Å². The lowest BCUT2D eigenvalue weighted by molar-refractivity contribution is -0.123. The van der Waals surface area contributed by atoms with Crippen LogP contribution in [-0.2, 0) is 16.6 Å². The van der Waals surface area contributed by atoms with Gasteiger partial charge in [-0.2, -0.15) is 4.98 Å². The minimum absolute atomic E-state index is 0. The predicted octanol–water partition coefficient (Wildman–Crippen LogP) is 2.74. The molecule has 2 fully saturated rings. The SMILES string of the molecule is CC(C)(C)c1noc(CCC(=O)NC2C3CCCC2CC(N)C3)n1.Cl. The third kappa shape index (κ3) is 4.94. The van der Waals surface area contributed by atoms with Gasteiger partial charge in [-0.15, -0.1) is 12.4 Å². The number of aryl methyl sites for hydroxylation is 1. The van der Waals surface area contributed by atoms with E-state index in [1.54, 1.807) is 0 Å². The number of aromatic nitrogens is 2. The molecule has 1 amide bonds. The molecule has 2 bridgehead atoms. The number of fused-ring (bicyclic) bond motifs is 2. The van der Waals surface area contributed by atoms with Crippen molar-refractivity contribution >= 4 is 18.3 Å². The maximum Gasteiger partial charge on any atom is 0.227 e. The van der Waals surface area contributed by atoms with E-state index in [4.69, 9.17) is 10.3 Å². The lowest BCUT2D eigenvalue weighted by atomic mass is 9.67. The molecule has 0 aliphatic heterocycles. The van der Waals surface area contributed by atoms with Crippen LogP contribution in [0.5, 0.6) is 0 Å². The second kappa shape index (κ2) is 8.04. The first kappa shape index (κ1) is 20.2. The summed E-state index contributed by atoms with van der Waals surface area (Å²) in [6, 6.07) is 0.613. The summed E-state index contributed by atoms with van der Waals surface area (Å²) < 4.78 is 5.26. The highest BCUT2D eigenvalue weighted by Crippen LogP contribution is 2.39. The van der Waals surface area contributed by atoms with Gasteiger partial charge in [0.2, 0.25) is 11.8 Å². The summed E-state index contributed by atoms with van der Waals surface area (Å²) in [5, 5.41) is 7.27. The Kier molecular flexibility index (Phi) is 6.49. The molecular formula is C18H31ClN4O2. The van der Waals surface area contributed by atoms with E-state index in [9.17, 15) is 4.79 Å². The standard InChI is InChI=1S/C18H30N4O2.ClH/c1-18(2,3)17-21-15(24-22-17)8-7-14(23)20-16-11-5-4-6-12(16)10-13(19)9-11;/h11-13,16H,4-10,19H2,1-3H3,(H,20,23);1H. The molecular weight excluding hydrogens is 340 g/mol. The quantitative estimate of drug-likeness (QED) is 0.849. The topological polar surface area (TPSA) is 94.0 Å². The van der Waals surface area contributed by atoms with Gasteiger partial charge in [0.25, 0.3) is 0 Å². The monoisotopic (exact) mass is 370 g/mol. The molecule has 0 spiro atoms. The van der Waals surface area contributed by atoms with Crippen LogP contribution in [0.2, 0.25) is 0 Å². The first-order chi connectivity index (χ1) is 11.3. The van der Waals surface area contributed by atoms with Crippen LogP contribution >= 0.6 is 12.4 Å². The van der Waals surface area contributed by atoms with Crippen molar-refractivity contribution in [3.63, 3.8) is 0 Å². The molecule has 1 aromatic heterocycles. The summed E-state index contributed by atoms with van der Waals surface area (Å²) in [5.41, 5.74) is 6.01. The van der Waals surface area contributed by atoms with Gasteiger partial charge in [0.1, 0.15) is 0 Å². The molecule has 142 valence electrons. The van der Waals surface area contributed by atoms with Crippen molar-refractivity contribution in [2.75, 3.05) is 0 Å². The summed E-state index contributed by atoms with van der Waals surface area (Å²) in [4.78, 5) is 16.8. The highest BCUT2D eigenvalue weighted by atomic mass is 35.5. The number of hydrogen-bond donors (Lipinski definition) is 2. The largest absolute Gasteiger partial charge is 0.353 e. The Morgan fingerprint density at radius 2 is 1.92 bits per heavy atom. The summed E-state index contributed by atoms with van der Waals surface area (Å²) in [6.07, 6.45) is 6.62. The Morgan fingerprint density at radius 3 is 2.48 bits per heavy atom. The van der Waals surface area contributed by atoms with Crippen molar-refractivity contribution < 1.29 is 9.32 Å². The summed E-state index contributed by atoms with van der Waals surface area (Å²) in [7, 11) is 0. The van der Waals surface area contributed by atoms with Gasteiger partial charge in [-0.1, -0.05) is 32.3 Å². The molecule has 2 aliphatic carbocycles. The van der Waals surface area contributed by atoms with Crippen molar-refractivity contribution in [1.82, 2.24) is 15.5 Å². The zero-order valence-corrected chi connectivity index (χ0v) is 16.3. The molecule has 25 heavy (non-hydrogen) atoms. The molecule has 7 heteroatoms. The van der Waals surface area contributed by atoms with E-state index >= 15 is 0 Å². The van der Waals surface area contributed by atoms with Crippen LogP contribution in [0.1, 0.15) is 71.0 Å². The molecule has 1 heterocycles. The molecule has 0 aromatic carbocycles. The Hall–Kier alpha value is -1.14. The first-order valence-electron chi connectivity index (χ1n) is 9.21. The van der Waals surface area contributed by atoms with Crippen LogP contribution in [0, 0.1) is 11.8 Å². The third-order valence-corrected chi connectivity index (χ3v) is 5.41. The molecule has 2 unspecified atom stereocenters. The molecule has 3 rings (SSSR count). The highest BCUT2D eigenvalue weighted by Gasteiger charge is 2.39. The molecule has 0 saturated heterocycles. The van der Waals surface area contributed by atoms with Gasteiger partial charge in [0.15, 0.2) is 5.82 Å². The smallest absolute Gasteiger partial charge is 0.227 e. The van der Waals surface area contributed by atoms with Crippen molar-refractivity contribution in [2.45, 2.75) is 83.2 Å². The molecule has 2 saturated carbocycles. The van der Waals surface area contributed by atoms with Gasteiger partial charge in [0, 0.05) is 30.3 Å². The Labute approximate surface area is 156 Å². The van der Waals surface area contributed by atoms with Crippen molar-refractivity contribution in [2.24, 2.45) is 17.6 Å². The average Bonchev–Trinajstić information content (AvgIpc) is 2.95. The molecule has 3 N–H and O–H groups in total. The number of nitrogens with two attached hydrogens (primary N) is 1. The Morgan fingerprint density at radius 1 is 1.28 bits per heavy atom. The minimum atomic E-state index is -0.137. The number of rotatable bonds is 4. The lowest BCUT2D eigenvalue weighted by Gasteiger charge is -2.45. The molecule has 0 radical (unpaired) electrons. The summed E-state index contributed by atoms with van der Waals surface area (Å²) in [6.45, 7) is 6.13. The average molecular weight is 371 g/mol. The number of nitrogens with one attached hydrogen (secondary N) is 1. The fourth-order valence-corrected chi connectivity index (χ4v) is 4.16. The van der Waals surface area contributed by atoms with E-state index in [0.29, 0.717) is 48.5 Å². The van der Waals surface area contributed by atoms with Crippen molar-refractivity contribution in [3.8, 4) is 0 Å². The first-order valence-corrected chi connectivity index (χ1v) is 9.21. The second-order valence-corrected chi connectivity index (χ2v) is 8.54. The Balaban J connectivity index is 0.00000225. The zero-order valence-electron chi connectivity index (χ0n) is 15.5. The maximum atomic E-state index is 12.4. The number of carbonyl (C=O) groups excluding carboxylic acids is 1. The van der Waals surface area contributed by atoms with Crippen LogP contribution in [0.4, 0.5) is 0 Å². The molecule has 2 aliphatic rings. The summed E-state index contributed by atoms with van der Waals surface area (Å²) >= 11 is 0. The van der Waals surface area contributed by atoms with Crippen LogP contribution in [0.15, 0.2) is 4.52 Å². The predicted molar refractivity (Wildman–Crippen MR) is 98.5 cm³/mol. The van der Waals surface area contributed by atoms with Crippen LogP contribution < -0.4 is 11.1 Å². The van der Waals surface area contributed by atoms with E-state index < -0.39 is 0 Å². The van der Waals surface area contributed by atoms with Gasteiger partial charge in [-0.25, -0.2) is 0 Å².